The van der Waals surface area contributed by atoms with Gasteiger partial charge in [-0.15, -0.1) is 0 Å². The molecule has 0 aliphatic heterocycles. The van der Waals surface area contributed by atoms with Crippen LogP contribution in [0.4, 0.5) is 17.1 Å². The lowest BCUT2D eigenvalue weighted by Gasteiger charge is -2.33. The van der Waals surface area contributed by atoms with Crippen LogP contribution in [0.15, 0.2) is 176 Å². The molecule has 0 aromatic heterocycles. The molecule has 0 heterocycles. The number of fused-ring (bicyclic) bond motifs is 3. The number of anilines is 3. The first-order chi connectivity index (χ1) is 23.6. The van der Waals surface area contributed by atoms with Crippen LogP contribution < -0.4 is 4.90 Å². The Labute approximate surface area is 284 Å². The summed E-state index contributed by atoms with van der Waals surface area (Å²) in [5, 5.41) is 0. The number of aryl methyl sites for hydroxylation is 2. The van der Waals surface area contributed by atoms with Crippen molar-refractivity contribution in [3.63, 3.8) is 0 Å². The second-order valence-corrected chi connectivity index (χ2v) is 13.3. The Hall–Kier alpha value is -5.66. The van der Waals surface area contributed by atoms with Gasteiger partial charge in [-0.05, 0) is 114 Å². The fraction of sp³-hybridized carbons (Fsp3) is 0.106. The maximum absolute atomic E-state index is 2.49. The van der Waals surface area contributed by atoms with Gasteiger partial charge in [0.2, 0.25) is 0 Å². The van der Waals surface area contributed by atoms with Crippen LogP contribution in [0.2, 0.25) is 0 Å². The van der Waals surface area contributed by atoms with Crippen molar-refractivity contribution in [3.05, 3.63) is 209 Å². The second-order valence-electron chi connectivity index (χ2n) is 13.3. The van der Waals surface area contributed by atoms with Gasteiger partial charge in [-0.25, -0.2) is 0 Å². The summed E-state index contributed by atoms with van der Waals surface area (Å²) in [4.78, 5) is 2.33. The Morgan fingerprint density at radius 2 is 0.833 bits per heavy atom. The molecule has 0 N–H and O–H groups in total. The van der Waals surface area contributed by atoms with Crippen molar-refractivity contribution < 1.29 is 0 Å². The van der Waals surface area contributed by atoms with E-state index in [2.05, 4.69) is 195 Å². The van der Waals surface area contributed by atoms with E-state index in [0.717, 1.165) is 29.9 Å². The van der Waals surface area contributed by atoms with Gasteiger partial charge in [0, 0.05) is 22.5 Å². The molecular weight excluding hydrogens is 579 g/mol. The van der Waals surface area contributed by atoms with E-state index in [-0.39, 0.29) is 5.41 Å². The van der Waals surface area contributed by atoms with Crippen molar-refractivity contribution in [2.24, 2.45) is 0 Å². The number of rotatable bonds is 8. The molecule has 8 rings (SSSR count). The first kappa shape index (κ1) is 29.7. The molecule has 1 aliphatic carbocycles. The summed E-state index contributed by atoms with van der Waals surface area (Å²) in [5.41, 5.74) is 16.6. The van der Waals surface area contributed by atoms with Crippen molar-refractivity contribution in [1.82, 2.24) is 0 Å². The molecule has 0 bridgehead atoms. The van der Waals surface area contributed by atoms with Gasteiger partial charge in [-0.3, -0.25) is 0 Å². The standard InChI is InChI=1S/C47H39N/c1-34-18-24-41(25-19-34)48(40-16-10-5-11-17-40)42-26-21-38(22-27-42)39-23-29-44-43-28-20-35(2)30-45(43)47(46(44)31-39,32-36-12-6-3-7-13-36)33-37-14-8-4-9-15-37/h3-31H,32-33H2,1-2H3. The molecule has 7 aromatic rings. The molecule has 1 nitrogen and oxygen atoms in total. The highest BCUT2D eigenvalue weighted by Crippen LogP contribution is 2.53. The van der Waals surface area contributed by atoms with Crippen molar-refractivity contribution in [3.8, 4) is 22.3 Å². The van der Waals surface area contributed by atoms with E-state index >= 15 is 0 Å². The molecule has 0 unspecified atom stereocenters. The molecular formula is C47H39N. The van der Waals surface area contributed by atoms with Gasteiger partial charge in [-0.1, -0.05) is 145 Å². The van der Waals surface area contributed by atoms with Crippen molar-refractivity contribution in [2.45, 2.75) is 32.1 Å². The fourth-order valence-electron chi connectivity index (χ4n) is 7.64. The largest absolute Gasteiger partial charge is 0.311 e. The predicted molar refractivity (Wildman–Crippen MR) is 203 cm³/mol. The normalized spacial score (nSPS) is 12.7. The maximum atomic E-state index is 2.49. The van der Waals surface area contributed by atoms with E-state index in [1.165, 1.54) is 55.6 Å². The first-order valence-corrected chi connectivity index (χ1v) is 16.9. The first-order valence-electron chi connectivity index (χ1n) is 16.9. The molecule has 0 atom stereocenters. The average Bonchev–Trinajstić information content (AvgIpc) is 3.38. The van der Waals surface area contributed by atoms with Crippen LogP contribution in [0.5, 0.6) is 0 Å². The van der Waals surface area contributed by atoms with Crippen LogP contribution in [0.25, 0.3) is 22.3 Å². The molecule has 0 fully saturated rings. The predicted octanol–water partition coefficient (Wildman–Crippen LogP) is 12.2. The molecule has 7 aromatic carbocycles. The molecule has 0 amide bonds. The van der Waals surface area contributed by atoms with E-state index in [0.29, 0.717) is 0 Å². The van der Waals surface area contributed by atoms with Gasteiger partial charge in [0.05, 0.1) is 0 Å². The van der Waals surface area contributed by atoms with Gasteiger partial charge in [0.25, 0.3) is 0 Å². The van der Waals surface area contributed by atoms with Crippen LogP contribution in [-0.4, -0.2) is 0 Å². The number of nitrogens with zero attached hydrogens (tertiary/aromatic N) is 1. The highest BCUT2D eigenvalue weighted by Gasteiger charge is 2.43. The maximum Gasteiger partial charge on any atom is 0.0462 e. The molecule has 48 heavy (non-hydrogen) atoms. The number of benzene rings is 7. The Kier molecular flexibility index (Phi) is 7.74. The van der Waals surface area contributed by atoms with E-state index in [1.54, 1.807) is 0 Å². The minimum atomic E-state index is -0.190. The van der Waals surface area contributed by atoms with Crippen LogP contribution in [0, 0.1) is 13.8 Å². The van der Waals surface area contributed by atoms with Crippen LogP contribution in [0.1, 0.15) is 33.4 Å². The Balaban J connectivity index is 1.24. The number of hydrogen-bond acceptors (Lipinski definition) is 1. The number of hydrogen-bond donors (Lipinski definition) is 0. The lowest BCUT2D eigenvalue weighted by atomic mass is 9.69. The van der Waals surface area contributed by atoms with Gasteiger partial charge in [-0.2, -0.15) is 0 Å². The highest BCUT2D eigenvalue weighted by molar-refractivity contribution is 5.85. The second kappa shape index (κ2) is 12.5. The zero-order valence-electron chi connectivity index (χ0n) is 27.6. The van der Waals surface area contributed by atoms with Crippen LogP contribution in [0.3, 0.4) is 0 Å². The minimum Gasteiger partial charge on any atom is -0.311 e. The third-order valence-electron chi connectivity index (χ3n) is 9.98. The van der Waals surface area contributed by atoms with E-state index in [9.17, 15) is 0 Å². The molecule has 0 radical (unpaired) electrons. The number of para-hydroxylation sites is 1. The molecule has 1 aliphatic rings. The summed E-state index contributed by atoms with van der Waals surface area (Å²) < 4.78 is 0. The Morgan fingerprint density at radius 3 is 1.42 bits per heavy atom. The van der Waals surface area contributed by atoms with E-state index < -0.39 is 0 Å². The smallest absolute Gasteiger partial charge is 0.0462 e. The summed E-state index contributed by atoms with van der Waals surface area (Å²) in [7, 11) is 0. The molecule has 0 spiro atoms. The van der Waals surface area contributed by atoms with Gasteiger partial charge in [0.1, 0.15) is 0 Å². The summed E-state index contributed by atoms with van der Waals surface area (Å²) in [6.07, 6.45) is 1.88. The van der Waals surface area contributed by atoms with Crippen molar-refractivity contribution >= 4 is 17.1 Å². The van der Waals surface area contributed by atoms with Crippen LogP contribution >= 0.6 is 0 Å². The summed E-state index contributed by atoms with van der Waals surface area (Å²) >= 11 is 0. The minimum absolute atomic E-state index is 0.190. The third kappa shape index (κ3) is 5.52. The highest BCUT2D eigenvalue weighted by atomic mass is 15.1. The molecule has 0 saturated carbocycles. The lowest BCUT2D eigenvalue weighted by Crippen LogP contribution is -2.31. The van der Waals surface area contributed by atoms with Crippen molar-refractivity contribution in [1.29, 1.82) is 0 Å². The Bertz CT molecular complexity index is 2120. The lowest BCUT2D eigenvalue weighted by molar-refractivity contribution is 0.520. The van der Waals surface area contributed by atoms with Gasteiger partial charge in [0.15, 0.2) is 0 Å². The summed E-state index contributed by atoms with van der Waals surface area (Å²) in [6, 6.07) is 64.8. The monoisotopic (exact) mass is 617 g/mol. The fourth-order valence-corrected chi connectivity index (χ4v) is 7.64. The Morgan fingerprint density at radius 1 is 0.396 bits per heavy atom. The van der Waals surface area contributed by atoms with Crippen LogP contribution in [-0.2, 0) is 18.3 Å². The molecule has 1 heteroatoms. The van der Waals surface area contributed by atoms with Gasteiger partial charge >= 0.3 is 0 Å². The molecule has 232 valence electrons. The SMILES string of the molecule is Cc1ccc(N(c2ccccc2)c2ccc(-c3ccc4c(c3)C(Cc3ccccc3)(Cc3ccccc3)c3cc(C)ccc3-4)cc2)cc1. The quantitative estimate of drug-likeness (QED) is 0.164. The molecule has 0 saturated heterocycles. The summed E-state index contributed by atoms with van der Waals surface area (Å²) in [5.74, 6) is 0. The third-order valence-corrected chi connectivity index (χ3v) is 9.98. The van der Waals surface area contributed by atoms with Gasteiger partial charge < -0.3 is 4.90 Å². The zero-order valence-corrected chi connectivity index (χ0v) is 27.6. The summed E-state index contributed by atoms with van der Waals surface area (Å²) in [6.45, 7) is 4.36. The van der Waals surface area contributed by atoms with E-state index in [4.69, 9.17) is 0 Å². The topological polar surface area (TPSA) is 3.24 Å². The zero-order chi connectivity index (χ0) is 32.5. The average molecular weight is 618 g/mol. The van der Waals surface area contributed by atoms with E-state index in [1.807, 2.05) is 0 Å². The van der Waals surface area contributed by atoms with Crippen molar-refractivity contribution in [2.75, 3.05) is 4.90 Å².